The van der Waals surface area contributed by atoms with E-state index in [1.807, 2.05) is 29.3 Å². The van der Waals surface area contributed by atoms with E-state index >= 15 is 0 Å². The van der Waals surface area contributed by atoms with Gasteiger partial charge in [0.25, 0.3) is 0 Å². The highest BCUT2D eigenvalue weighted by molar-refractivity contribution is 5.79. The Morgan fingerprint density at radius 2 is 1.80 bits per heavy atom. The number of hydrogen-bond donors (Lipinski definition) is 1. The lowest BCUT2D eigenvalue weighted by Crippen LogP contribution is -2.58. The third-order valence-corrected chi connectivity index (χ3v) is 5.97. The number of carboxylic acid groups (broad SMARTS) is 1. The van der Waals surface area contributed by atoms with Gasteiger partial charge in [-0.05, 0) is 42.7 Å². The first-order chi connectivity index (χ1) is 16.6. The molecule has 190 valence electrons. The maximum absolute atomic E-state index is 13.4. The molecule has 2 aliphatic heterocycles. The van der Waals surface area contributed by atoms with Crippen LogP contribution in [0.2, 0.25) is 0 Å². The number of likely N-dealkylation sites (tertiary alicyclic amines) is 1. The molecule has 4 rings (SSSR count). The maximum atomic E-state index is 13.4. The van der Waals surface area contributed by atoms with E-state index < -0.39 is 12.1 Å². The van der Waals surface area contributed by atoms with Gasteiger partial charge in [0.2, 0.25) is 5.91 Å². The molecule has 1 amide bonds. The summed E-state index contributed by atoms with van der Waals surface area (Å²) in [5, 5.41) is 7.12. The molecule has 1 aromatic heterocycles. The first-order valence-corrected chi connectivity index (χ1v) is 11.1. The molecule has 2 aliphatic rings. The molecule has 0 radical (unpaired) electrons. The van der Waals surface area contributed by atoms with Crippen molar-refractivity contribution in [3.05, 3.63) is 65.7 Å². The number of carbonyl (C=O) groups excluding carboxylic acids is 1. The monoisotopic (exact) mass is 497 g/mol. The Balaban J connectivity index is 0.000000429. The Bertz CT molecular complexity index is 996. The summed E-state index contributed by atoms with van der Waals surface area (Å²) >= 11 is 0. The summed E-state index contributed by atoms with van der Waals surface area (Å²) in [5.41, 5.74) is 1.54. The third kappa shape index (κ3) is 8.00. The summed E-state index contributed by atoms with van der Waals surface area (Å²) in [6.07, 6.45) is -1.21. The predicted molar refractivity (Wildman–Crippen MR) is 118 cm³/mol. The number of nitrogens with zero attached hydrogens (tertiary/aromatic N) is 3. The average Bonchev–Trinajstić information content (AvgIpc) is 2.81. The van der Waals surface area contributed by atoms with Crippen molar-refractivity contribution >= 4 is 11.9 Å². The summed E-state index contributed by atoms with van der Waals surface area (Å²) in [4.78, 5) is 30.3. The van der Waals surface area contributed by atoms with Crippen LogP contribution in [0.1, 0.15) is 24.1 Å². The Hall–Kier alpha value is -3.05. The smallest absolute Gasteiger partial charge is 0.475 e. The highest BCUT2D eigenvalue weighted by Crippen LogP contribution is 2.31. The lowest BCUT2D eigenvalue weighted by atomic mass is 9.89. The van der Waals surface area contributed by atoms with E-state index in [1.165, 1.54) is 12.1 Å². The normalized spacial score (nSPS) is 18.0. The number of halogens is 4. The minimum Gasteiger partial charge on any atom is -0.475 e. The fourth-order valence-corrected chi connectivity index (χ4v) is 4.13. The number of carboxylic acids is 1. The van der Waals surface area contributed by atoms with Gasteiger partial charge in [-0.2, -0.15) is 13.2 Å². The number of aromatic nitrogens is 1. The van der Waals surface area contributed by atoms with E-state index in [0.29, 0.717) is 19.7 Å². The molecule has 0 unspecified atom stereocenters. The SMILES string of the molecule is O=C(Cc1cccc(F)c1)N1CCOC2(CCN(Cc3ccccn3)CC2)C1.O=C(O)C(F)(F)F. The van der Waals surface area contributed by atoms with Crippen LogP contribution in [0.15, 0.2) is 48.7 Å². The number of pyridine rings is 1. The number of hydrogen-bond acceptors (Lipinski definition) is 5. The van der Waals surface area contributed by atoms with Gasteiger partial charge in [-0.15, -0.1) is 0 Å². The molecule has 1 aromatic carbocycles. The third-order valence-electron chi connectivity index (χ3n) is 5.97. The topological polar surface area (TPSA) is 83.0 Å². The number of piperidine rings is 1. The zero-order valence-electron chi connectivity index (χ0n) is 19.0. The summed E-state index contributed by atoms with van der Waals surface area (Å²) in [6.45, 7) is 4.51. The second kappa shape index (κ2) is 11.6. The van der Waals surface area contributed by atoms with Crippen molar-refractivity contribution in [2.75, 3.05) is 32.8 Å². The van der Waals surface area contributed by atoms with Crippen LogP contribution in [0.3, 0.4) is 0 Å². The van der Waals surface area contributed by atoms with Gasteiger partial charge in [0, 0.05) is 38.9 Å². The van der Waals surface area contributed by atoms with E-state index in [9.17, 15) is 22.4 Å². The van der Waals surface area contributed by atoms with Crippen LogP contribution in [0.5, 0.6) is 0 Å². The average molecular weight is 497 g/mol. The van der Waals surface area contributed by atoms with Crippen LogP contribution in [-0.2, 0) is 27.3 Å². The number of aliphatic carboxylic acids is 1. The largest absolute Gasteiger partial charge is 0.490 e. The maximum Gasteiger partial charge on any atom is 0.490 e. The van der Waals surface area contributed by atoms with Crippen molar-refractivity contribution in [3.63, 3.8) is 0 Å². The van der Waals surface area contributed by atoms with Gasteiger partial charge < -0.3 is 14.7 Å². The Morgan fingerprint density at radius 3 is 2.40 bits per heavy atom. The van der Waals surface area contributed by atoms with Crippen molar-refractivity contribution in [2.24, 2.45) is 0 Å². The van der Waals surface area contributed by atoms with Crippen molar-refractivity contribution in [2.45, 2.75) is 37.6 Å². The fraction of sp³-hybridized carbons (Fsp3) is 0.458. The Kier molecular flexibility index (Phi) is 8.79. The molecule has 2 fully saturated rings. The van der Waals surface area contributed by atoms with Gasteiger partial charge >= 0.3 is 12.1 Å². The lowest BCUT2D eigenvalue weighted by molar-refractivity contribution is -0.192. The summed E-state index contributed by atoms with van der Waals surface area (Å²) in [7, 11) is 0. The predicted octanol–water partition coefficient (Wildman–Crippen LogP) is 3.29. The standard InChI is InChI=1S/C22H26FN3O2.C2HF3O2/c23-19-5-3-4-18(14-19)15-21(27)26-12-13-28-22(17-26)7-10-25(11-8-22)16-20-6-1-2-9-24-20;3-2(4,5)1(6)7/h1-6,9,14H,7-8,10-13,15-17H2;(H,6,7). The molecule has 7 nitrogen and oxygen atoms in total. The van der Waals surface area contributed by atoms with Gasteiger partial charge in [-0.25, -0.2) is 9.18 Å². The molecule has 1 spiro atoms. The molecule has 2 aromatic rings. The van der Waals surface area contributed by atoms with E-state index in [1.54, 1.807) is 12.1 Å². The van der Waals surface area contributed by atoms with Gasteiger partial charge in [0.1, 0.15) is 5.82 Å². The fourth-order valence-electron chi connectivity index (χ4n) is 4.13. The van der Waals surface area contributed by atoms with Crippen molar-refractivity contribution in [3.8, 4) is 0 Å². The molecule has 1 N–H and O–H groups in total. The van der Waals surface area contributed by atoms with E-state index in [4.69, 9.17) is 14.6 Å². The molecule has 3 heterocycles. The number of benzene rings is 1. The number of morpholine rings is 1. The molecule has 11 heteroatoms. The van der Waals surface area contributed by atoms with E-state index in [-0.39, 0.29) is 23.7 Å². The van der Waals surface area contributed by atoms with Crippen molar-refractivity contribution in [1.29, 1.82) is 0 Å². The second-order valence-corrected chi connectivity index (χ2v) is 8.55. The highest BCUT2D eigenvalue weighted by atomic mass is 19.4. The van der Waals surface area contributed by atoms with E-state index in [0.717, 1.165) is 43.7 Å². The Morgan fingerprint density at radius 1 is 1.09 bits per heavy atom. The summed E-state index contributed by atoms with van der Waals surface area (Å²) in [5.74, 6) is -3.01. The molecule has 0 aliphatic carbocycles. The number of carbonyl (C=O) groups is 2. The highest BCUT2D eigenvalue weighted by Gasteiger charge is 2.41. The molecule has 0 saturated carbocycles. The minimum absolute atomic E-state index is 0.0455. The molecule has 0 atom stereocenters. The first kappa shape index (κ1) is 26.6. The molecular formula is C24H27F4N3O4. The van der Waals surface area contributed by atoms with Gasteiger partial charge in [-0.1, -0.05) is 18.2 Å². The quantitative estimate of drug-likeness (QED) is 0.653. The number of rotatable bonds is 4. The molecular weight excluding hydrogens is 470 g/mol. The number of amides is 1. The van der Waals surface area contributed by atoms with Gasteiger partial charge in [0.05, 0.1) is 24.3 Å². The first-order valence-electron chi connectivity index (χ1n) is 11.1. The van der Waals surface area contributed by atoms with Gasteiger partial charge in [0.15, 0.2) is 0 Å². The summed E-state index contributed by atoms with van der Waals surface area (Å²) < 4.78 is 51.3. The van der Waals surface area contributed by atoms with Crippen LogP contribution >= 0.6 is 0 Å². The minimum atomic E-state index is -5.08. The van der Waals surface area contributed by atoms with Crippen LogP contribution in [-0.4, -0.2) is 76.3 Å². The zero-order valence-corrected chi connectivity index (χ0v) is 19.0. The van der Waals surface area contributed by atoms with Crippen LogP contribution < -0.4 is 0 Å². The number of ether oxygens (including phenoxy) is 1. The Labute approximate surface area is 200 Å². The van der Waals surface area contributed by atoms with Gasteiger partial charge in [-0.3, -0.25) is 14.7 Å². The number of alkyl halides is 3. The molecule has 35 heavy (non-hydrogen) atoms. The lowest BCUT2D eigenvalue weighted by Gasteiger charge is -2.47. The molecule has 0 bridgehead atoms. The van der Waals surface area contributed by atoms with Crippen LogP contribution in [0, 0.1) is 5.82 Å². The van der Waals surface area contributed by atoms with Crippen LogP contribution in [0.4, 0.5) is 17.6 Å². The van der Waals surface area contributed by atoms with Crippen molar-refractivity contribution < 1.29 is 37.0 Å². The van der Waals surface area contributed by atoms with E-state index in [2.05, 4.69) is 9.88 Å². The molecule has 2 saturated heterocycles. The van der Waals surface area contributed by atoms with Crippen molar-refractivity contribution in [1.82, 2.24) is 14.8 Å². The second-order valence-electron chi connectivity index (χ2n) is 8.55. The summed E-state index contributed by atoms with van der Waals surface area (Å²) in [6, 6.07) is 12.3. The van der Waals surface area contributed by atoms with Crippen LogP contribution in [0.25, 0.3) is 0 Å². The zero-order chi connectivity index (χ0) is 25.5.